The third kappa shape index (κ3) is 1.78. The lowest BCUT2D eigenvalue weighted by Gasteiger charge is -2.36. The van der Waals surface area contributed by atoms with Gasteiger partial charge in [0.05, 0.1) is 11.4 Å². The van der Waals surface area contributed by atoms with Crippen molar-refractivity contribution in [2.45, 2.75) is 37.2 Å². The molecule has 1 N–H and O–H groups in total. The Morgan fingerprint density at radius 1 is 1.53 bits per heavy atom. The van der Waals surface area contributed by atoms with E-state index < -0.39 is 0 Å². The number of hydrogen-bond donors (Lipinski definition) is 1. The van der Waals surface area contributed by atoms with E-state index in [9.17, 15) is 9.59 Å². The predicted octanol–water partition coefficient (Wildman–Crippen LogP) is 0.227. The Bertz CT molecular complexity index is 295. The molecular weight excluding hydrogens is 212 g/mol. The summed E-state index contributed by atoms with van der Waals surface area (Å²) in [5.74, 6) is 0.969. The van der Waals surface area contributed by atoms with E-state index in [4.69, 9.17) is 0 Å². The molecule has 0 bridgehead atoms. The lowest BCUT2D eigenvalue weighted by Crippen LogP contribution is -2.55. The second-order valence-corrected chi connectivity index (χ2v) is 5.29. The summed E-state index contributed by atoms with van der Waals surface area (Å²) in [6.07, 6.45) is 1.87. The van der Waals surface area contributed by atoms with Crippen LogP contribution in [0.2, 0.25) is 0 Å². The molecule has 0 aromatic heterocycles. The zero-order valence-corrected chi connectivity index (χ0v) is 9.84. The summed E-state index contributed by atoms with van der Waals surface area (Å²) in [7, 11) is 1.80. The van der Waals surface area contributed by atoms with Crippen molar-refractivity contribution in [3.63, 3.8) is 0 Å². The van der Waals surface area contributed by atoms with Gasteiger partial charge in [-0.1, -0.05) is 0 Å². The number of hydrogen-bond acceptors (Lipinski definition) is 4. The fraction of sp³-hybridized carbons (Fsp3) is 0.800. The Morgan fingerprint density at radius 3 is 2.87 bits per heavy atom. The number of ketones is 1. The minimum absolute atomic E-state index is 0.0956. The number of carbonyl (C=O) groups excluding carboxylic acids is 2. The van der Waals surface area contributed by atoms with Crippen molar-refractivity contribution in [3.8, 4) is 0 Å². The van der Waals surface area contributed by atoms with Gasteiger partial charge in [0.1, 0.15) is 6.04 Å². The quantitative estimate of drug-likeness (QED) is 0.735. The Morgan fingerprint density at radius 2 is 2.27 bits per heavy atom. The topological polar surface area (TPSA) is 49.4 Å². The number of piperidine rings is 1. The zero-order chi connectivity index (χ0) is 11.0. The number of likely N-dealkylation sites (N-methyl/N-ethyl adjacent to an activating group) is 1. The van der Waals surface area contributed by atoms with Crippen LogP contribution in [0.3, 0.4) is 0 Å². The van der Waals surface area contributed by atoms with Gasteiger partial charge in [0.25, 0.3) is 0 Å². The molecule has 0 spiro atoms. The SMILES string of the molecule is CN[C@H]1CCC2SCC(C(C)=O)N2C1=O. The molecule has 84 valence electrons. The van der Waals surface area contributed by atoms with Crippen molar-refractivity contribution >= 4 is 23.5 Å². The Kier molecular flexibility index (Phi) is 3.02. The summed E-state index contributed by atoms with van der Waals surface area (Å²) in [6, 6.07) is -0.287. The van der Waals surface area contributed by atoms with Crippen LogP contribution >= 0.6 is 11.8 Å². The van der Waals surface area contributed by atoms with Crippen LogP contribution in [0.4, 0.5) is 0 Å². The molecule has 0 aliphatic carbocycles. The minimum Gasteiger partial charge on any atom is -0.318 e. The second-order valence-electron chi connectivity index (χ2n) is 4.08. The summed E-state index contributed by atoms with van der Waals surface area (Å²) in [5.41, 5.74) is 0. The third-order valence-corrected chi connectivity index (χ3v) is 4.52. The highest BCUT2D eigenvalue weighted by Gasteiger charge is 2.44. The van der Waals surface area contributed by atoms with Crippen LogP contribution < -0.4 is 5.32 Å². The lowest BCUT2D eigenvalue weighted by molar-refractivity contribution is -0.142. The summed E-state index contributed by atoms with van der Waals surface area (Å²) in [4.78, 5) is 25.3. The normalized spacial score (nSPS) is 35.5. The second kappa shape index (κ2) is 4.14. The highest BCUT2D eigenvalue weighted by Crippen LogP contribution is 2.36. The van der Waals surface area contributed by atoms with Gasteiger partial charge in [0.2, 0.25) is 5.91 Å². The summed E-state index contributed by atoms with van der Waals surface area (Å²) >= 11 is 1.74. The first kappa shape index (κ1) is 11.0. The van der Waals surface area contributed by atoms with E-state index in [0.29, 0.717) is 0 Å². The molecule has 2 rings (SSSR count). The van der Waals surface area contributed by atoms with Gasteiger partial charge in [-0.3, -0.25) is 9.59 Å². The number of rotatable bonds is 2. The van der Waals surface area contributed by atoms with Gasteiger partial charge in [-0.15, -0.1) is 11.8 Å². The van der Waals surface area contributed by atoms with E-state index in [1.807, 2.05) is 0 Å². The number of carbonyl (C=O) groups is 2. The first-order chi connectivity index (χ1) is 7.15. The summed E-state index contributed by atoms with van der Waals surface area (Å²) in [6.45, 7) is 1.57. The van der Waals surface area contributed by atoms with E-state index in [1.165, 1.54) is 0 Å². The largest absolute Gasteiger partial charge is 0.318 e. The van der Waals surface area contributed by atoms with E-state index in [1.54, 1.807) is 30.6 Å². The molecule has 0 saturated carbocycles. The van der Waals surface area contributed by atoms with Crippen LogP contribution in [-0.4, -0.2) is 46.8 Å². The van der Waals surface area contributed by atoms with Crippen LogP contribution in [0, 0.1) is 0 Å². The van der Waals surface area contributed by atoms with Gasteiger partial charge in [0.15, 0.2) is 5.78 Å². The van der Waals surface area contributed by atoms with Crippen molar-refractivity contribution < 1.29 is 9.59 Å². The maximum absolute atomic E-state index is 12.1. The fourth-order valence-electron chi connectivity index (χ4n) is 2.28. The molecule has 2 saturated heterocycles. The Balaban J connectivity index is 2.18. The minimum atomic E-state index is -0.191. The van der Waals surface area contributed by atoms with E-state index in [2.05, 4.69) is 5.32 Å². The van der Waals surface area contributed by atoms with Gasteiger partial charge >= 0.3 is 0 Å². The van der Waals surface area contributed by atoms with Crippen molar-refractivity contribution in [1.82, 2.24) is 10.2 Å². The van der Waals surface area contributed by atoms with Gasteiger partial charge in [-0.05, 0) is 26.8 Å². The first-order valence-electron chi connectivity index (χ1n) is 5.26. The maximum atomic E-state index is 12.1. The Labute approximate surface area is 93.8 Å². The van der Waals surface area contributed by atoms with E-state index >= 15 is 0 Å². The molecular formula is C10H16N2O2S. The molecule has 2 heterocycles. The third-order valence-electron chi connectivity index (χ3n) is 3.17. The average Bonchev–Trinajstić information content (AvgIpc) is 2.63. The van der Waals surface area contributed by atoms with Crippen LogP contribution in [0.1, 0.15) is 19.8 Å². The van der Waals surface area contributed by atoms with Crippen LogP contribution in [-0.2, 0) is 9.59 Å². The van der Waals surface area contributed by atoms with Gasteiger partial charge in [-0.2, -0.15) is 0 Å². The standard InChI is InChI=1S/C10H16N2O2S/c1-6(13)8-5-15-9-4-3-7(11-2)10(14)12(8)9/h7-9,11H,3-5H2,1-2H3/t7-,8?,9?/m0/s1. The van der Waals surface area contributed by atoms with Gasteiger partial charge in [0, 0.05) is 5.75 Å². The van der Waals surface area contributed by atoms with Crippen LogP contribution in [0.25, 0.3) is 0 Å². The Hall–Kier alpha value is -0.550. The number of nitrogens with zero attached hydrogens (tertiary/aromatic N) is 1. The molecule has 2 aliphatic rings. The molecule has 0 radical (unpaired) electrons. The van der Waals surface area contributed by atoms with Gasteiger partial charge < -0.3 is 10.2 Å². The maximum Gasteiger partial charge on any atom is 0.241 e. The molecule has 0 aromatic carbocycles. The van der Waals surface area contributed by atoms with Crippen molar-refractivity contribution in [3.05, 3.63) is 0 Å². The smallest absolute Gasteiger partial charge is 0.241 e. The number of nitrogens with one attached hydrogen (secondary N) is 1. The molecule has 5 heteroatoms. The first-order valence-corrected chi connectivity index (χ1v) is 6.31. The molecule has 0 aromatic rings. The van der Waals surface area contributed by atoms with Crippen molar-refractivity contribution in [1.29, 1.82) is 0 Å². The highest BCUT2D eigenvalue weighted by molar-refractivity contribution is 8.00. The zero-order valence-electron chi connectivity index (χ0n) is 9.03. The highest BCUT2D eigenvalue weighted by atomic mass is 32.2. The molecule has 2 fully saturated rings. The van der Waals surface area contributed by atoms with Crippen LogP contribution in [0.15, 0.2) is 0 Å². The summed E-state index contributed by atoms with van der Waals surface area (Å²) in [5, 5.41) is 3.25. The fourth-order valence-corrected chi connectivity index (χ4v) is 3.79. The number of amides is 1. The van der Waals surface area contributed by atoms with Crippen molar-refractivity contribution in [2.75, 3.05) is 12.8 Å². The van der Waals surface area contributed by atoms with E-state index in [-0.39, 0.29) is 29.1 Å². The summed E-state index contributed by atoms with van der Waals surface area (Å²) < 4.78 is 0. The molecule has 3 atom stereocenters. The van der Waals surface area contributed by atoms with Crippen molar-refractivity contribution in [2.24, 2.45) is 0 Å². The number of Topliss-reactive ketones (excluding diaryl/α,β-unsaturated/α-hetero) is 1. The van der Waals surface area contributed by atoms with E-state index in [0.717, 1.165) is 18.6 Å². The monoisotopic (exact) mass is 228 g/mol. The predicted molar refractivity (Wildman–Crippen MR) is 59.6 cm³/mol. The average molecular weight is 228 g/mol. The molecule has 15 heavy (non-hydrogen) atoms. The lowest BCUT2D eigenvalue weighted by atomic mass is 10.0. The number of fused-ring (bicyclic) bond motifs is 1. The number of thioether (sulfide) groups is 1. The molecule has 1 amide bonds. The molecule has 2 unspecified atom stereocenters. The molecule has 2 aliphatic heterocycles. The van der Waals surface area contributed by atoms with Gasteiger partial charge in [-0.25, -0.2) is 0 Å². The molecule has 4 nitrogen and oxygen atoms in total. The van der Waals surface area contributed by atoms with Crippen LogP contribution in [0.5, 0.6) is 0 Å².